The van der Waals surface area contributed by atoms with Gasteiger partial charge in [-0.2, -0.15) is 0 Å². The Bertz CT molecular complexity index is 334. The molecule has 2 N–H and O–H groups in total. The van der Waals surface area contributed by atoms with Crippen molar-refractivity contribution in [3.8, 4) is 0 Å². The summed E-state index contributed by atoms with van der Waals surface area (Å²) in [5.74, 6) is 1.26. The Kier molecular flexibility index (Phi) is 4.82. The Balaban J connectivity index is 2.73. The molecule has 84 valence electrons. The van der Waals surface area contributed by atoms with Crippen LogP contribution < -0.4 is 5.73 Å². The molecule has 1 unspecified atom stereocenters. The molecule has 1 aromatic carbocycles. The highest BCUT2D eigenvalue weighted by molar-refractivity contribution is 7.85. The fourth-order valence-corrected chi connectivity index (χ4v) is 3.16. The topological polar surface area (TPSA) is 43.1 Å². The third kappa shape index (κ3) is 3.34. The molecular weight excluding hydrogens is 206 g/mol. The number of benzene rings is 1. The van der Waals surface area contributed by atoms with Crippen LogP contribution in [0.1, 0.15) is 26.7 Å². The highest BCUT2D eigenvalue weighted by atomic mass is 32.2. The van der Waals surface area contributed by atoms with Crippen LogP contribution in [0.15, 0.2) is 29.2 Å². The van der Waals surface area contributed by atoms with Gasteiger partial charge in [0.25, 0.3) is 0 Å². The van der Waals surface area contributed by atoms with Gasteiger partial charge in [-0.3, -0.25) is 4.21 Å². The van der Waals surface area contributed by atoms with Crippen molar-refractivity contribution in [2.45, 2.75) is 31.6 Å². The van der Waals surface area contributed by atoms with Crippen molar-refractivity contribution < 1.29 is 4.21 Å². The fraction of sp³-hybridized carbons (Fsp3) is 0.500. The number of nitrogen functional groups attached to an aromatic ring is 1. The van der Waals surface area contributed by atoms with Crippen molar-refractivity contribution in [3.63, 3.8) is 0 Å². The fourth-order valence-electron chi connectivity index (χ4n) is 1.52. The summed E-state index contributed by atoms with van der Waals surface area (Å²) in [6.07, 6.45) is 2.16. The number of anilines is 1. The maximum absolute atomic E-state index is 12.0. The molecule has 0 heterocycles. The molecule has 0 aliphatic carbocycles. The largest absolute Gasteiger partial charge is 0.398 e. The van der Waals surface area contributed by atoms with Crippen molar-refractivity contribution in [1.29, 1.82) is 0 Å². The summed E-state index contributed by atoms with van der Waals surface area (Å²) in [5.41, 5.74) is 6.43. The molecule has 0 aromatic heterocycles. The van der Waals surface area contributed by atoms with E-state index in [1.807, 2.05) is 18.2 Å². The molecule has 0 aliphatic heterocycles. The Morgan fingerprint density at radius 2 is 1.87 bits per heavy atom. The van der Waals surface area contributed by atoms with Gasteiger partial charge in [-0.1, -0.05) is 38.8 Å². The lowest BCUT2D eigenvalue weighted by molar-refractivity contribution is 0.545. The van der Waals surface area contributed by atoms with Crippen molar-refractivity contribution >= 4 is 16.5 Å². The lowest BCUT2D eigenvalue weighted by Gasteiger charge is -2.12. The average molecular weight is 225 g/mol. The van der Waals surface area contributed by atoms with E-state index in [1.165, 1.54) is 0 Å². The molecule has 2 nitrogen and oxygen atoms in total. The molecule has 0 aliphatic rings. The summed E-state index contributed by atoms with van der Waals surface area (Å²) < 4.78 is 12.0. The van der Waals surface area contributed by atoms with E-state index in [4.69, 9.17) is 5.73 Å². The van der Waals surface area contributed by atoms with Gasteiger partial charge < -0.3 is 5.73 Å². The monoisotopic (exact) mass is 225 g/mol. The smallest absolute Gasteiger partial charge is 0.0617 e. The number of hydrogen-bond acceptors (Lipinski definition) is 2. The number of nitrogens with two attached hydrogens (primary N) is 1. The average Bonchev–Trinajstić information content (AvgIpc) is 2.26. The first-order valence-electron chi connectivity index (χ1n) is 5.41. The molecule has 1 atom stereocenters. The number of para-hydroxylation sites is 1. The van der Waals surface area contributed by atoms with Crippen LogP contribution in [0.3, 0.4) is 0 Å². The van der Waals surface area contributed by atoms with E-state index in [1.54, 1.807) is 6.07 Å². The zero-order valence-corrected chi connectivity index (χ0v) is 10.2. The lowest BCUT2D eigenvalue weighted by atomic mass is 10.1. The Labute approximate surface area is 94.3 Å². The highest BCUT2D eigenvalue weighted by Crippen LogP contribution is 2.19. The Morgan fingerprint density at radius 1 is 1.27 bits per heavy atom. The van der Waals surface area contributed by atoms with Crippen LogP contribution in [0, 0.1) is 5.92 Å². The van der Waals surface area contributed by atoms with E-state index >= 15 is 0 Å². The molecule has 0 radical (unpaired) electrons. The molecule has 0 saturated carbocycles. The van der Waals surface area contributed by atoms with Gasteiger partial charge in [0.1, 0.15) is 0 Å². The molecule has 0 saturated heterocycles. The third-order valence-electron chi connectivity index (χ3n) is 2.71. The number of rotatable bonds is 5. The van der Waals surface area contributed by atoms with E-state index in [0.717, 1.165) is 23.5 Å². The molecule has 0 spiro atoms. The Hall–Kier alpha value is -0.830. The van der Waals surface area contributed by atoms with Crippen molar-refractivity contribution in [1.82, 2.24) is 0 Å². The first-order chi connectivity index (χ1) is 7.19. The molecule has 3 heteroatoms. The molecule has 1 aromatic rings. The maximum Gasteiger partial charge on any atom is 0.0617 e. The van der Waals surface area contributed by atoms with Gasteiger partial charge in [0.05, 0.1) is 15.7 Å². The summed E-state index contributed by atoms with van der Waals surface area (Å²) in [4.78, 5) is 0.782. The minimum atomic E-state index is -0.950. The zero-order chi connectivity index (χ0) is 11.3. The predicted molar refractivity (Wildman–Crippen MR) is 66.2 cm³/mol. The van der Waals surface area contributed by atoms with Gasteiger partial charge in [0.2, 0.25) is 0 Å². The molecule has 0 amide bonds. The van der Waals surface area contributed by atoms with E-state index in [2.05, 4.69) is 13.8 Å². The molecule has 0 bridgehead atoms. The Morgan fingerprint density at radius 3 is 2.40 bits per heavy atom. The van der Waals surface area contributed by atoms with Crippen molar-refractivity contribution in [2.75, 3.05) is 11.5 Å². The van der Waals surface area contributed by atoms with E-state index in [0.29, 0.717) is 11.6 Å². The van der Waals surface area contributed by atoms with Crippen molar-refractivity contribution in [2.24, 2.45) is 5.92 Å². The standard InChI is InChI=1S/C12H19NOS/c1-3-10(4-2)9-15(14)12-8-6-5-7-11(12)13/h5-8,10H,3-4,9,13H2,1-2H3. The molecule has 1 rings (SSSR count). The minimum Gasteiger partial charge on any atom is -0.398 e. The first-order valence-corrected chi connectivity index (χ1v) is 6.73. The normalized spacial score (nSPS) is 13.0. The second-order valence-corrected chi connectivity index (χ2v) is 5.20. The quantitative estimate of drug-likeness (QED) is 0.783. The lowest BCUT2D eigenvalue weighted by Crippen LogP contribution is -2.10. The van der Waals surface area contributed by atoms with Crippen molar-refractivity contribution in [3.05, 3.63) is 24.3 Å². The predicted octanol–water partition coefficient (Wildman–Crippen LogP) is 2.81. The third-order valence-corrected chi connectivity index (χ3v) is 4.34. The van der Waals surface area contributed by atoms with Crippen LogP contribution in [0.2, 0.25) is 0 Å². The maximum atomic E-state index is 12.0. The van der Waals surface area contributed by atoms with Crippen LogP contribution in [0.5, 0.6) is 0 Å². The number of hydrogen-bond donors (Lipinski definition) is 1. The molecule has 15 heavy (non-hydrogen) atoms. The second-order valence-electron chi connectivity index (χ2n) is 3.73. The van der Waals surface area contributed by atoms with Crippen LogP contribution in [0.4, 0.5) is 5.69 Å². The van der Waals surface area contributed by atoms with E-state index in [-0.39, 0.29) is 0 Å². The van der Waals surface area contributed by atoms with Crippen LogP contribution in [-0.4, -0.2) is 9.96 Å². The zero-order valence-electron chi connectivity index (χ0n) is 9.40. The first kappa shape index (κ1) is 12.2. The minimum absolute atomic E-state index is 0.533. The van der Waals surface area contributed by atoms with Gasteiger partial charge in [-0.05, 0) is 18.1 Å². The summed E-state index contributed by atoms with van der Waals surface area (Å²) >= 11 is 0. The van der Waals surface area contributed by atoms with Crippen LogP contribution >= 0.6 is 0 Å². The van der Waals surface area contributed by atoms with Gasteiger partial charge in [0.15, 0.2) is 0 Å². The highest BCUT2D eigenvalue weighted by Gasteiger charge is 2.12. The summed E-state index contributed by atoms with van der Waals surface area (Å²) in [7, 11) is -0.950. The molecule has 0 fully saturated rings. The van der Waals surface area contributed by atoms with E-state index in [9.17, 15) is 4.21 Å². The van der Waals surface area contributed by atoms with Gasteiger partial charge in [-0.25, -0.2) is 0 Å². The van der Waals surface area contributed by atoms with E-state index < -0.39 is 10.8 Å². The summed E-state index contributed by atoms with van der Waals surface area (Å²) in [6, 6.07) is 7.41. The summed E-state index contributed by atoms with van der Waals surface area (Å²) in [6.45, 7) is 4.28. The SMILES string of the molecule is CCC(CC)CS(=O)c1ccccc1N. The molecular formula is C12H19NOS. The van der Waals surface area contributed by atoms with Gasteiger partial charge in [-0.15, -0.1) is 0 Å². The van der Waals surface area contributed by atoms with Gasteiger partial charge in [0, 0.05) is 11.4 Å². The summed E-state index contributed by atoms with van der Waals surface area (Å²) in [5, 5.41) is 0. The van der Waals surface area contributed by atoms with Gasteiger partial charge >= 0.3 is 0 Å². The van der Waals surface area contributed by atoms with Crippen LogP contribution in [0.25, 0.3) is 0 Å². The second kappa shape index (κ2) is 5.91. The van der Waals surface area contributed by atoms with Crippen LogP contribution in [-0.2, 0) is 10.8 Å².